The van der Waals surface area contributed by atoms with Crippen LogP contribution in [0.3, 0.4) is 0 Å². The summed E-state index contributed by atoms with van der Waals surface area (Å²) in [6.07, 6.45) is 9.35. The highest BCUT2D eigenvalue weighted by molar-refractivity contribution is 5.59. The molecular weight excluding hydrogens is 248 g/mol. The van der Waals surface area contributed by atoms with E-state index >= 15 is 0 Å². The summed E-state index contributed by atoms with van der Waals surface area (Å²) >= 11 is 0. The number of hydrogen-bond acceptors (Lipinski definition) is 4. The third kappa shape index (κ3) is 3.84. The van der Waals surface area contributed by atoms with E-state index in [1.54, 1.807) is 6.33 Å². The van der Waals surface area contributed by atoms with Gasteiger partial charge in [0.15, 0.2) is 0 Å². The Bertz CT molecular complexity index is 411. The molecule has 20 heavy (non-hydrogen) atoms. The maximum atomic E-state index is 4.50. The van der Waals surface area contributed by atoms with Gasteiger partial charge in [-0.15, -0.1) is 0 Å². The molecule has 0 aliphatic heterocycles. The van der Waals surface area contributed by atoms with E-state index in [0.717, 1.165) is 24.6 Å². The van der Waals surface area contributed by atoms with Crippen molar-refractivity contribution in [2.24, 2.45) is 0 Å². The monoisotopic (exact) mass is 276 g/mol. The smallest absolute Gasteiger partial charge is 0.135 e. The Morgan fingerprint density at radius 1 is 1.15 bits per heavy atom. The van der Waals surface area contributed by atoms with Crippen molar-refractivity contribution in [1.29, 1.82) is 0 Å². The Morgan fingerprint density at radius 2 is 1.85 bits per heavy atom. The zero-order chi connectivity index (χ0) is 14.4. The SMILES string of the molecule is CCCNc1ncnc(NC2CCCCC2)c1C(C)C. The number of nitrogens with zero attached hydrogens (tertiary/aromatic N) is 2. The molecule has 1 heterocycles. The van der Waals surface area contributed by atoms with Crippen molar-refractivity contribution < 1.29 is 0 Å². The lowest BCUT2D eigenvalue weighted by Gasteiger charge is -2.26. The molecule has 1 saturated carbocycles. The molecule has 112 valence electrons. The van der Waals surface area contributed by atoms with Crippen molar-refractivity contribution in [1.82, 2.24) is 9.97 Å². The molecule has 0 amide bonds. The summed E-state index contributed by atoms with van der Waals surface area (Å²) in [6.45, 7) is 7.55. The largest absolute Gasteiger partial charge is 0.370 e. The molecule has 0 bridgehead atoms. The van der Waals surface area contributed by atoms with Crippen LogP contribution < -0.4 is 10.6 Å². The van der Waals surface area contributed by atoms with E-state index in [9.17, 15) is 0 Å². The van der Waals surface area contributed by atoms with Gasteiger partial charge in [-0.2, -0.15) is 0 Å². The van der Waals surface area contributed by atoms with Gasteiger partial charge < -0.3 is 10.6 Å². The van der Waals surface area contributed by atoms with Crippen molar-refractivity contribution in [2.75, 3.05) is 17.2 Å². The molecule has 4 nitrogen and oxygen atoms in total. The van der Waals surface area contributed by atoms with E-state index in [4.69, 9.17) is 0 Å². The quantitative estimate of drug-likeness (QED) is 0.819. The van der Waals surface area contributed by atoms with Gasteiger partial charge in [0.2, 0.25) is 0 Å². The fourth-order valence-electron chi connectivity index (χ4n) is 2.88. The molecule has 1 aliphatic rings. The highest BCUT2D eigenvalue weighted by atomic mass is 15.1. The van der Waals surface area contributed by atoms with Crippen molar-refractivity contribution in [3.8, 4) is 0 Å². The summed E-state index contributed by atoms with van der Waals surface area (Å²) in [4.78, 5) is 8.93. The fourth-order valence-corrected chi connectivity index (χ4v) is 2.88. The molecule has 1 fully saturated rings. The molecule has 0 saturated heterocycles. The van der Waals surface area contributed by atoms with Gasteiger partial charge in [-0.05, 0) is 25.2 Å². The minimum atomic E-state index is 0.418. The minimum absolute atomic E-state index is 0.418. The number of nitrogens with one attached hydrogen (secondary N) is 2. The lowest BCUT2D eigenvalue weighted by molar-refractivity contribution is 0.461. The molecule has 2 N–H and O–H groups in total. The van der Waals surface area contributed by atoms with Crippen molar-refractivity contribution in [3.63, 3.8) is 0 Å². The number of aromatic nitrogens is 2. The maximum Gasteiger partial charge on any atom is 0.135 e. The lowest BCUT2D eigenvalue weighted by Crippen LogP contribution is -2.24. The van der Waals surface area contributed by atoms with Gasteiger partial charge >= 0.3 is 0 Å². The van der Waals surface area contributed by atoms with Gasteiger partial charge in [0.25, 0.3) is 0 Å². The highest BCUT2D eigenvalue weighted by Crippen LogP contribution is 2.30. The average molecular weight is 276 g/mol. The second-order valence-corrected chi connectivity index (χ2v) is 6.05. The predicted molar refractivity (Wildman–Crippen MR) is 85.4 cm³/mol. The van der Waals surface area contributed by atoms with Crippen LogP contribution in [-0.2, 0) is 0 Å². The van der Waals surface area contributed by atoms with Crippen LogP contribution in [-0.4, -0.2) is 22.6 Å². The van der Waals surface area contributed by atoms with Crippen LogP contribution in [0.2, 0.25) is 0 Å². The van der Waals surface area contributed by atoms with Crippen molar-refractivity contribution >= 4 is 11.6 Å². The van der Waals surface area contributed by atoms with E-state index in [-0.39, 0.29) is 0 Å². The molecule has 0 atom stereocenters. The van der Waals surface area contributed by atoms with E-state index in [2.05, 4.69) is 41.4 Å². The third-order valence-electron chi connectivity index (χ3n) is 3.95. The van der Waals surface area contributed by atoms with Crippen molar-refractivity contribution in [3.05, 3.63) is 11.9 Å². The van der Waals surface area contributed by atoms with E-state index in [0.29, 0.717) is 12.0 Å². The van der Waals surface area contributed by atoms with Crippen molar-refractivity contribution in [2.45, 2.75) is 71.3 Å². The van der Waals surface area contributed by atoms with Crippen LogP contribution in [0.4, 0.5) is 11.6 Å². The molecule has 1 aromatic heterocycles. The van der Waals surface area contributed by atoms with Gasteiger partial charge in [-0.25, -0.2) is 9.97 Å². The van der Waals surface area contributed by atoms with E-state index in [1.807, 2.05) is 0 Å². The third-order valence-corrected chi connectivity index (χ3v) is 3.95. The Morgan fingerprint density at radius 3 is 2.50 bits per heavy atom. The summed E-state index contributed by atoms with van der Waals surface area (Å²) in [6, 6.07) is 0.579. The zero-order valence-corrected chi connectivity index (χ0v) is 13.1. The van der Waals surface area contributed by atoms with Gasteiger partial charge in [0, 0.05) is 18.2 Å². The topological polar surface area (TPSA) is 49.8 Å². The molecule has 0 unspecified atom stereocenters. The fraction of sp³-hybridized carbons (Fsp3) is 0.750. The van der Waals surface area contributed by atoms with Crippen LogP contribution >= 0.6 is 0 Å². The molecule has 4 heteroatoms. The Balaban J connectivity index is 2.17. The van der Waals surface area contributed by atoms with Gasteiger partial charge in [-0.1, -0.05) is 40.0 Å². The molecule has 0 aromatic carbocycles. The molecule has 1 aliphatic carbocycles. The first kappa shape index (κ1) is 15.1. The summed E-state index contributed by atoms with van der Waals surface area (Å²) in [5.41, 5.74) is 1.23. The maximum absolute atomic E-state index is 4.50. The number of hydrogen-bond donors (Lipinski definition) is 2. The minimum Gasteiger partial charge on any atom is -0.370 e. The van der Waals surface area contributed by atoms with Crippen LogP contribution in [0.15, 0.2) is 6.33 Å². The Hall–Kier alpha value is -1.32. The second kappa shape index (κ2) is 7.46. The second-order valence-electron chi connectivity index (χ2n) is 6.05. The molecule has 0 radical (unpaired) electrons. The van der Waals surface area contributed by atoms with Crippen LogP contribution in [0.1, 0.15) is 70.8 Å². The zero-order valence-electron chi connectivity index (χ0n) is 13.1. The van der Waals surface area contributed by atoms with Gasteiger partial charge in [0.1, 0.15) is 18.0 Å². The van der Waals surface area contributed by atoms with Gasteiger partial charge in [-0.3, -0.25) is 0 Å². The Kier molecular flexibility index (Phi) is 5.62. The molecule has 1 aromatic rings. The summed E-state index contributed by atoms with van der Waals surface area (Å²) in [5.74, 6) is 2.44. The van der Waals surface area contributed by atoms with Crippen LogP contribution in [0.25, 0.3) is 0 Å². The molecule has 2 rings (SSSR count). The first-order valence-corrected chi connectivity index (χ1v) is 8.07. The highest BCUT2D eigenvalue weighted by Gasteiger charge is 2.19. The van der Waals surface area contributed by atoms with Crippen LogP contribution in [0, 0.1) is 0 Å². The first-order valence-electron chi connectivity index (χ1n) is 8.07. The van der Waals surface area contributed by atoms with Crippen LogP contribution in [0.5, 0.6) is 0 Å². The standard InChI is InChI=1S/C16H28N4/c1-4-10-17-15-14(12(2)3)16(19-11-18-15)20-13-8-6-5-7-9-13/h11-13H,4-10H2,1-3H3,(H2,17,18,19,20). The molecular formula is C16H28N4. The summed E-state index contributed by atoms with van der Waals surface area (Å²) in [7, 11) is 0. The van der Waals surface area contributed by atoms with E-state index in [1.165, 1.54) is 37.7 Å². The summed E-state index contributed by atoms with van der Waals surface area (Å²) < 4.78 is 0. The number of rotatable bonds is 6. The van der Waals surface area contributed by atoms with Gasteiger partial charge in [0.05, 0.1) is 0 Å². The summed E-state index contributed by atoms with van der Waals surface area (Å²) in [5, 5.41) is 7.09. The predicted octanol–water partition coefficient (Wildman–Crippen LogP) is 4.17. The Labute approximate surface area is 122 Å². The lowest BCUT2D eigenvalue weighted by atomic mass is 9.95. The number of anilines is 2. The normalized spacial score (nSPS) is 16.4. The molecule has 0 spiro atoms. The van der Waals surface area contributed by atoms with E-state index < -0.39 is 0 Å². The first-order chi connectivity index (χ1) is 9.72. The average Bonchev–Trinajstić information content (AvgIpc) is 2.46.